The minimum atomic E-state index is -0.600. The van der Waals surface area contributed by atoms with E-state index in [1.54, 1.807) is 0 Å². The van der Waals surface area contributed by atoms with Crippen molar-refractivity contribution in [1.29, 1.82) is 0 Å². The van der Waals surface area contributed by atoms with Gasteiger partial charge < -0.3 is 19.1 Å². The van der Waals surface area contributed by atoms with Crippen LogP contribution in [0.3, 0.4) is 0 Å². The highest BCUT2D eigenvalue weighted by molar-refractivity contribution is 5.69. The third kappa shape index (κ3) is 24.8. The Hall–Kier alpha value is -1.30. The Bertz CT molecular complexity index is 522. The second-order valence-corrected chi connectivity index (χ2v) is 10.8. The molecule has 0 amide bonds. The molecule has 1 unspecified atom stereocenters. The van der Waals surface area contributed by atoms with Crippen molar-refractivity contribution in [3.8, 4) is 0 Å². The van der Waals surface area contributed by atoms with Gasteiger partial charge in [0.2, 0.25) is 0 Å². The number of carbonyl (C=O) groups is 2. The fraction of sp³-hybridized carbons (Fsp3) is 0.935. The molecule has 0 saturated heterocycles. The SMILES string of the molecule is CCCCCCCCCCCCC(CCOC(=O)CCCCC(C)C)OC(=O)OCCCN(CC)CC. The van der Waals surface area contributed by atoms with E-state index in [-0.39, 0.29) is 12.1 Å². The van der Waals surface area contributed by atoms with Crippen molar-refractivity contribution in [2.45, 2.75) is 150 Å². The van der Waals surface area contributed by atoms with Crippen molar-refractivity contribution < 1.29 is 23.8 Å². The van der Waals surface area contributed by atoms with E-state index < -0.39 is 6.16 Å². The first-order valence-corrected chi connectivity index (χ1v) is 15.6. The first-order valence-electron chi connectivity index (χ1n) is 15.6. The first kappa shape index (κ1) is 35.7. The highest BCUT2D eigenvalue weighted by atomic mass is 16.7. The maximum Gasteiger partial charge on any atom is 0.508 e. The monoisotopic (exact) mass is 527 g/mol. The van der Waals surface area contributed by atoms with Gasteiger partial charge in [0.25, 0.3) is 0 Å². The van der Waals surface area contributed by atoms with Crippen LogP contribution in [0.2, 0.25) is 0 Å². The Morgan fingerprint density at radius 1 is 0.649 bits per heavy atom. The van der Waals surface area contributed by atoms with E-state index in [4.69, 9.17) is 14.2 Å². The Labute approximate surface area is 229 Å². The number of ether oxygens (including phenoxy) is 3. The summed E-state index contributed by atoms with van der Waals surface area (Å²) in [6.07, 6.45) is 17.5. The number of unbranched alkanes of at least 4 members (excludes halogenated alkanes) is 10. The molecule has 6 nitrogen and oxygen atoms in total. The van der Waals surface area contributed by atoms with Crippen molar-refractivity contribution >= 4 is 12.1 Å². The Balaban J connectivity index is 4.28. The van der Waals surface area contributed by atoms with Crippen LogP contribution in [-0.4, -0.2) is 56.0 Å². The van der Waals surface area contributed by atoms with Crippen LogP contribution in [0, 0.1) is 5.92 Å². The molecular formula is C31H61NO5. The summed E-state index contributed by atoms with van der Waals surface area (Å²) in [6, 6.07) is 0. The van der Waals surface area contributed by atoms with Crippen LogP contribution >= 0.6 is 0 Å². The zero-order chi connectivity index (χ0) is 27.6. The smallest absolute Gasteiger partial charge is 0.466 e. The lowest BCUT2D eigenvalue weighted by Crippen LogP contribution is -2.26. The number of esters is 1. The van der Waals surface area contributed by atoms with E-state index in [0.29, 0.717) is 32.0 Å². The van der Waals surface area contributed by atoms with Crippen molar-refractivity contribution in [2.24, 2.45) is 5.92 Å². The first-order chi connectivity index (χ1) is 17.9. The molecule has 220 valence electrons. The predicted octanol–water partition coefficient (Wildman–Crippen LogP) is 8.70. The van der Waals surface area contributed by atoms with Gasteiger partial charge in [0.15, 0.2) is 0 Å². The average molecular weight is 528 g/mol. The summed E-state index contributed by atoms with van der Waals surface area (Å²) in [5, 5.41) is 0. The highest BCUT2D eigenvalue weighted by Gasteiger charge is 2.17. The molecule has 37 heavy (non-hydrogen) atoms. The molecule has 0 aromatic rings. The fourth-order valence-electron chi connectivity index (χ4n) is 4.47. The Kier molecular flexibility index (Phi) is 25.4. The molecule has 0 aliphatic heterocycles. The molecule has 0 bridgehead atoms. The Morgan fingerprint density at radius 2 is 1.24 bits per heavy atom. The van der Waals surface area contributed by atoms with E-state index >= 15 is 0 Å². The summed E-state index contributed by atoms with van der Waals surface area (Å²) in [5.74, 6) is 0.511. The molecule has 0 radical (unpaired) electrons. The number of hydrogen-bond acceptors (Lipinski definition) is 6. The third-order valence-electron chi connectivity index (χ3n) is 6.99. The lowest BCUT2D eigenvalue weighted by atomic mass is 10.0. The van der Waals surface area contributed by atoms with Crippen molar-refractivity contribution in [2.75, 3.05) is 32.8 Å². The zero-order valence-corrected chi connectivity index (χ0v) is 25.2. The molecule has 0 aromatic heterocycles. The summed E-state index contributed by atoms with van der Waals surface area (Å²) in [4.78, 5) is 26.6. The van der Waals surface area contributed by atoms with Gasteiger partial charge in [-0.3, -0.25) is 4.79 Å². The second-order valence-electron chi connectivity index (χ2n) is 10.8. The normalized spacial score (nSPS) is 12.2. The lowest BCUT2D eigenvalue weighted by molar-refractivity contribution is -0.144. The maximum atomic E-state index is 12.3. The van der Waals surface area contributed by atoms with E-state index in [2.05, 4.69) is 39.5 Å². The molecule has 0 spiro atoms. The summed E-state index contributed by atoms with van der Waals surface area (Å²) in [7, 11) is 0. The minimum Gasteiger partial charge on any atom is -0.466 e. The molecule has 0 heterocycles. The highest BCUT2D eigenvalue weighted by Crippen LogP contribution is 2.16. The Morgan fingerprint density at radius 3 is 1.84 bits per heavy atom. The van der Waals surface area contributed by atoms with Gasteiger partial charge in [0.05, 0.1) is 13.2 Å². The summed E-state index contributed by atoms with van der Waals surface area (Å²) in [5.41, 5.74) is 0. The third-order valence-corrected chi connectivity index (χ3v) is 6.99. The van der Waals surface area contributed by atoms with E-state index in [1.165, 1.54) is 51.4 Å². The van der Waals surface area contributed by atoms with Gasteiger partial charge >= 0.3 is 12.1 Å². The van der Waals surface area contributed by atoms with Crippen molar-refractivity contribution in [3.05, 3.63) is 0 Å². The molecule has 0 N–H and O–H groups in total. The molecule has 0 aromatic carbocycles. The minimum absolute atomic E-state index is 0.152. The van der Waals surface area contributed by atoms with E-state index in [0.717, 1.165) is 64.6 Å². The van der Waals surface area contributed by atoms with Gasteiger partial charge in [-0.15, -0.1) is 0 Å². The standard InChI is InChI=1S/C31H61NO5/c1-6-9-10-11-12-13-14-15-16-17-22-29(24-27-35-30(33)23-19-18-21-28(4)5)37-31(34)36-26-20-25-32(7-2)8-3/h28-29H,6-27H2,1-5H3. The number of hydrogen-bond donors (Lipinski definition) is 0. The number of nitrogens with zero attached hydrogens (tertiary/aromatic N) is 1. The predicted molar refractivity (Wildman–Crippen MR) is 154 cm³/mol. The van der Waals surface area contributed by atoms with E-state index in [9.17, 15) is 9.59 Å². The van der Waals surface area contributed by atoms with Crippen LogP contribution in [0.5, 0.6) is 0 Å². The fourth-order valence-corrected chi connectivity index (χ4v) is 4.47. The van der Waals surface area contributed by atoms with E-state index in [1.807, 2.05) is 0 Å². The summed E-state index contributed by atoms with van der Waals surface area (Å²) < 4.78 is 16.4. The molecule has 0 aliphatic carbocycles. The van der Waals surface area contributed by atoms with Gasteiger partial charge in [-0.2, -0.15) is 0 Å². The van der Waals surface area contributed by atoms with Crippen LogP contribution in [0.1, 0.15) is 144 Å². The molecular weight excluding hydrogens is 466 g/mol. The quantitative estimate of drug-likeness (QED) is 0.0828. The van der Waals surface area contributed by atoms with Gasteiger partial charge in [0, 0.05) is 19.4 Å². The molecule has 0 fully saturated rings. The molecule has 0 rings (SSSR count). The largest absolute Gasteiger partial charge is 0.508 e. The molecule has 0 saturated carbocycles. The van der Waals surface area contributed by atoms with Gasteiger partial charge in [-0.1, -0.05) is 105 Å². The topological polar surface area (TPSA) is 65.1 Å². The summed E-state index contributed by atoms with van der Waals surface area (Å²) in [6.45, 7) is 14.5. The van der Waals surface area contributed by atoms with Crippen molar-refractivity contribution in [1.82, 2.24) is 4.90 Å². The average Bonchev–Trinajstić information content (AvgIpc) is 2.87. The van der Waals surface area contributed by atoms with Crippen LogP contribution in [-0.2, 0) is 19.0 Å². The van der Waals surface area contributed by atoms with Gasteiger partial charge in [0.1, 0.15) is 6.10 Å². The molecule has 0 aliphatic rings. The van der Waals surface area contributed by atoms with Crippen LogP contribution in [0.15, 0.2) is 0 Å². The number of rotatable bonds is 26. The van der Waals surface area contributed by atoms with Crippen LogP contribution in [0.25, 0.3) is 0 Å². The maximum absolute atomic E-state index is 12.3. The van der Waals surface area contributed by atoms with Crippen LogP contribution < -0.4 is 0 Å². The zero-order valence-electron chi connectivity index (χ0n) is 25.2. The van der Waals surface area contributed by atoms with Gasteiger partial charge in [-0.05, 0) is 44.7 Å². The van der Waals surface area contributed by atoms with Crippen LogP contribution in [0.4, 0.5) is 4.79 Å². The molecule has 6 heteroatoms. The second kappa shape index (κ2) is 26.3. The van der Waals surface area contributed by atoms with Crippen molar-refractivity contribution in [3.63, 3.8) is 0 Å². The molecule has 1 atom stereocenters. The number of carbonyl (C=O) groups excluding carboxylic acids is 2. The lowest BCUT2D eigenvalue weighted by Gasteiger charge is -2.19. The van der Waals surface area contributed by atoms with Gasteiger partial charge in [-0.25, -0.2) is 4.79 Å². The summed E-state index contributed by atoms with van der Waals surface area (Å²) >= 11 is 0.